The lowest BCUT2D eigenvalue weighted by molar-refractivity contribution is -0.918. The Kier molecular flexibility index (Phi) is 5.71. The molecule has 2 aromatic rings. The molecule has 29 heavy (non-hydrogen) atoms. The van der Waals surface area contributed by atoms with Crippen LogP contribution in [0.2, 0.25) is 0 Å². The summed E-state index contributed by atoms with van der Waals surface area (Å²) in [6, 6.07) is 18.9. The average Bonchev–Trinajstić information content (AvgIpc) is 3.06. The molecular weight excluding hydrogens is 366 g/mol. The maximum atomic E-state index is 12.9. The van der Waals surface area contributed by atoms with Gasteiger partial charge in [-0.3, -0.25) is 19.3 Å². The van der Waals surface area contributed by atoms with Crippen LogP contribution in [0.4, 0.5) is 0 Å². The van der Waals surface area contributed by atoms with Crippen molar-refractivity contribution in [1.29, 1.82) is 0 Å². The van der Waals surface area contributed by atoms with Crippen LogP contribution in [0.25, 0.3) is 0 Å². The number of carbonyl (C=O) groups is 3. The van der Waals surface area contributed by atoms with E-state index in [0.29, 0.717) is 44.7 Å². The van der Waals surface area contributed by atoms with Gasteiger partial charge in [-0.25, -0.2) is 0 Å². The molecule has 2 aliphatic rings. The minimum atomic E-state index is -0.313. The lowest BCUT2D eigenvalue weighted by Crippen LogP contribution is -3.19. The number of rotatable bonds is 5. The predicted molar refractivity (Wildman–Crippen MR) is 108 cm³/mol. The molecule has 6 heteroatoms. The monoisotopic (exact) mass is 392 g/mol. The Labute approximate surface area is 170 Å². The molecule has 3 amide bonds. The van der Waals surface area contributed by atoms with Gasteiger partial charge in [-0.1, -0.05) is 48.5 Å². The zero-order chi connectivity index (χ0) is 20.2. The average molecular weight is 392 g/mol. The summed E-state index contributed by atoms with van der Waals surface area (Å²) in [5, 5.41) is 0. The number of nitrogens with zero attached hydrogens (tertiary/aromatic N) is 2. The van der Waals surface area contributed by atoms with Gasteiger partial charge in [0.25, 0.3) is 11.8 Å². The van der Waals surface area contributed by atoms with Gasteiger partial charge >= 0.3 is 0 Å². The quantitative estimate of drug-likeness (QED) is 0.750. The molecule has 0 bridgehead atoms. The van der Waals surface area contributed by atoms with E-state index in [4.69, 9.17) is 0 Å². The highest BCUT2D eigenvalue weighted by molar-refractivity contribution is 6.04. The molecule has 0 saturated carbocycles. The van der Waals surface area contributed by atoms with Crippen molar-refractivity contribution in [3.8, 4) is 0 Å². The van der Waals surface area contributed by atoms with Crippen LogP contribution in [0.3, 0.4) is 0 Å². The number of piperazine rings is 1. The van der Waals surface area contributed by atoms with Gasteiger partial charge in [0.05, 0.1) is 32.6 Å². The summed E-state index contributed by atoms with van der Waals surface area (Å²) in [6.07, 6.45) is 0.954. The van der Waals surface area contributed by atoms with Crippen LogP contribution in [0.5, 0.6) is 0 Å². The number of imide groups is 1. The standard InChI is InChI=1S/C23H25N3O3/c27-21-17-20(23(29)26(21)12-11-18-7-3-1-4-8-18)24-13-15-25(16-14-24)22(28)19-9-5-2-6-10-19/h1-10,20H,11-17H2/p+1/t20-/m0/s1. The smallest absolute Gasteiger partial charge is 0.288 e. The number of hydrogen-bond donors (Lipinski definition) is 1. The maximum absolute atomic E-state index is 12.9. The van der Waals surface area contributed by atoms with Crippen molar-refractivity contribution in [2.45, 2.75) is 18.9 Å². The van der Waals surface area contributed by atoms with Gasteiger partial charge in [0.15, 0.2) is 6.04 Å². The van der Waals surface area contributed by atoms with Crippen molar-refractivity contribution in [2.75, 3.05) is 32.7 Å². The number of benzene rings is 2. The Morgan fingerprint density at radius 3 is 2.21 bits per heavy atom. The third-order valence-corrected chi connectivity index (χ3v) is 5.92. The first kappa shape index (κ1) is 19.3. The number of amides is 3. The molecule has 0 aromatic heterocycles. The zero-order valence-electron chi connectivity index (χ0n) is 16.4. The second kappa shape index (κ2) is 8.57. The molecule has 1 N–H and O–H groups in total. The van der Waals surface area contributed by atoms with Crippen LogP contribution >= 0.6 is 0 Å². The molecule has 4 rings (SSSR count). The van der Waals surface area contributed by atoms with Gasteiger partial charge in [0.2, 0.25) is 5.91 Å². The van der Waals surface area contributed by atoms with Crippen molar-refractivity contribution >= 4 is 17.7 Å². The maximum Gasteiger partial charge on any atom is 0.288 e. The number of hydrogen-bond acceptors (Lipinski definition) is 3. The molecule has 0 spiro atoms. The first-order valence-corrected chi connectivity index (χ1v) is 10.2. The largest absolute Gasteiger partial charge is 0.327 e. The van der Waals surface area contributed by atoms with E-state index in [9.17, 15) is 14.4 Å². The number of nitrogens with one attached hydrogen (secondary N) is 1. The third-order valence-electron chi connectivity index (χ3n) is 5.92. The normalized spacial score (nSPS) is 20.3. The Morgan fingerprint density at radius 1 is 0.931 bits per heavy atom. The minimum absolute atomic E-state index is 0.0305. The second-order valence-electron chi connectivity index (χ2n) is 7.69. The molecule has 1 atom stereocenters. The molecule has 0 aliphatic carbocycles. The molecule has 2 aromatic carbocycles. The SMILES string of the molecule is O=C(c1ccccc1)N1CC[NH+]([C@H]2CC(=O)N(CCc3ccccc3)C2=O)CC1. The Morgan fingerprint density at radius 2 is 1.55 bits per heavy atom. The van der Waals surface area contributed by atoms with Crippen LogP contribution in [-0.2, 0) is 16.0 Å². The molecule has 2 fully saturated rings. The van der Waals surface area contributed by atoms with Crippen LogP contribution in [-0.4, -0.2) is 66.3 Å². The van der Waals surface area contributed by atoms with E-state index in [1.54, 1.807) is 0 Å². The molecular formula is C23H26N3O3+. The Hall–Kier alpha value is -2.99. The van der Waals surface area contributed by atoms with Crippen molar-refractivity contribution in [3.05, 3.63) is 71.8 Å². The van der Waals surface area contributed by atoms with Gasteiger partial charge in [0.1, 0.15) is 0 Å². The first-order valence-electron chi connectivity index (χ1n) is 10.2. The van der Waals surface area contributed by atoms with E-state index in [2.05, 4.69) is 0 Å². The fourth-order valence-electron chi connectivity index (χ4n) is 4.23. The summed E-state index contributed by atoms with van der Waals surface area (Å²) >= 11 is 0. The van der Waals surface area contributed by atoms with Gasteiger partial charge in [0, 0.05) is 12.1 Å². The fraction of sp³-hybridized carbons (Fsp3) is 0.348. The van der Waals surface area contributed by atoms with Crippen molar-refractivity contribution in [1.82, 2.24) is 9.80 Å². The van der Waals surface area contributed by atoms with E-state index in [1.165, 1.54) is 4.90 Å². The van der Waals surface area contributed by atoms with Crippen LogP contribution in [0.1, 0.15) is 22.3 Å². The second-order valence-corrected chi connectivity index (χ2v) is 7.69. The van der Waals surface area contributed by atoms with Crippen molar-refractivity contribution in [2.24, 2.45) is 0 Å². The minimum Gasteiger partial charge on any atom is -0.327 e. The topological polar surface area (TPSA) is 62.1 Å². The summed E-state index contributed by atoms with van der Waals surface area (Å²) < 4.78 is 0. The molecule has 2 aliphatic heterocycles. The molecule has 2 heterocycles. The lowest BCUT2D eigenvalue weighted by atomic mass is 10.1. The van der Waals surface area contributed by atoms with Crippen molar-refractivity contribution < 1.29 is 19.3 Å². The molecule has 6 nitrogen and oxygen atoms in total. The Bertz CT molecular complexity index is 877. The number of carbonyl (C=O) groups excluding carboxylic acids is 3. The molecule has 150 valence electrons. The highest BCUT2D eigenvalue weighted by atomic mass is 16.2. The third kappa shape index (κ3) is 4.22. The van der Waals surface area contributed by atoms with E-state index in [1.807, 2.05) is 65.6 Å². The van der Waals surface area contributed by atoms with E-state index in [0.717, 1.165) is 10.5 Å². The van der Waals surface area contributed by atoms with E-state index < -0.39 is 0 Å². The van der Waals surface area contributed by atoms with Gasteiger partial charge in [-0.2, -0.15) is 0 Å². The molecule has 0 radical (unpaired) electrons. The number of likely N-dealkylation sites (tertiary alicyclic amines) is 1. The van der Waals surface area contributed by atoms with E-state index in [-0.39, 0.29) is 30.2 Å². The zero-order valence-corrected chi connectivity index (χ0v) is 16.4. The number of quaternary nitrogens is 1. The van der Waals surface area contributed by atoms with E-state index >= 15 is 0 Å². The summed E-state index contributed by atoms with van der Waals surface area (Å²) in [6.45, 7) is 3.02. The summed E-state index contributed by atoms with van der Waals surface area (Å²) in [4.78, 5) is 42.3. The molecule has 2 saturated heterocycles. The summed E-state index contributed by atoms with van der Waals surface area (Å²) in [7, 11) is 0. The molecule has 0 unspecified atom stereocenters. The summed E-state index contributed by atoms with van der Waals surface area (Å²) in [5.74, 6) is -0.113. The van der Waals surface area contributed by atoms with Gasteiger partial charge in [-0.05, 0) is 24.1 Å². The van der Waals surface area contributed by atoms with Crippen molar-refractivity contribution in [3.63, 3.8) is 0 Å². The van der Waals surface area contributed by atoms with Gasteiger partial charge < -0.3 is 9.80 Å². The lowest BCUT2D eigenvalue weighted by Gasteiger charge is -2.34. The van der Waals surface area contributed by atoms with Gasteiger partial charge in [-0.15, -0.1) is 0 Å². The fourth-order valence-corrected chi connectivity index (χ4v) is 4.23. The predicted octanol–water partition coefficient (Wildman–Crippen LogP) is 0.398. The first-order chi connectivity index (χ1) is 14.1. The highest BCUT2D eigenvalue weighted by Gasteiger charge is 2.45. The highest BCUT2D eigenvalue weighted by Crippen LogP contribution is 2.13. The van der Waals surface area contributed by atoms with Crippen LogP contribution < -0.4 is 4.90 Å². The Balaban J connectivity index is 1.32. The van der Waals surface area contributed by atoms with Crippen LogP contribution in [0.15, 0.2) is 60.7 Å². The van der Waals surface area contributed by atoms with Crippen LogP contribution in [0, 0.1) is 0 Å². The summed E-state index contributed by atoms with van der Waals surface area (Å²) in [5.41, 5.74) is 1.81.